The van der Waals surface area contributed by atoms with E-state index < -0.39 is 36.4 Å². The summed E-state index contributed by atoms with van der Waals surface area (Å²) >= 11 is 0. The molecule has 0 saturated carbocycles. The maximum atomic E-state index is 12.9. The zero-order valence-electron chi connectivity index (χ0n) is 13.9. The van der Waals surface area contributed by atoms with Crippen LogP contribution < -0.4 is 5.32 Å². The van der Waals surface area contributed by atoms with Crippen LogP contribution in [-0.4, -0.2) is 67.5 Å². The quantitative estimate of drug-likeness (QED) is 0.611. The van der Waals surface area contributed by atoms with Gasteiger partial charge in [-0.25, -0.2) is 0 Å². The Morgan fingerprint density at radius 1 is 1.29 bits per heavy atom. The van der Waals surface area contributed by atoms with Crippen LogP contribution in [0.3, 0.4) is 0 Å². The fourth-order valence-electron chi connectivity index (χ4n) is 2.54. The van der Waals surface area contributed by atoms with Gasteiger partial charge in [0.25, 0.3) is 0 Å². The summed E-state index contributed by atoms with van der Waals surface area (Å²) in [4.78, 5) is 23.9. The lowest BCUT2D eigenvalue weighted by atomic mass is 9.96. The number of alkyl halides is 3. The minimum Gasteiger partial charge on any atom is -0.481 e. The lowest BCUT2D eigenvalue weighted by Gasteiger charge is -2.18. The second kappa shape index (κ2) is 9.22. The van der Waals surface area contributed by atoms with Crippen molar-refractivity contribution in [2.45, 2.75) is 26.4 Å². The van der Waals surface area contributed by atoms with Gasteiger partial charge < -0.3 is 15.2 Å². The molecular weight excluding hydrogens is 329 g/mol. The lowest BCUT2D eigenvalue weighted by Crippen LogP contribution is -2.38. The molecule has 2 N–H and O–H groups in total. The van der Waals surface area contributed by atoms with Crippen LogP contribution in [0.25, 0.3) is 0 Å². The van der Waals surface area contributed by atoms with Crippen molar-refractivity contribution in [3.8, 4) is 0 Å². The smallest absolute Gasteiger partial charge is 0.393 e. The molecule has 0 aliphatic carbocycles. The molecule has 0 aromatic heterocycles. The van der Waals surface area contributed by atoms with Crippen LogP contribution in [0.1, 0.15) is 20.3 Å². The molecule has 0 radical (unpaired) electrons. The second-order valence-corrected chi connectivity index (χ2v) is 6.43. The SMILES string of the molecule is CC(C)CCOCCNC(=O)CN1C[C@@H](C(F)(F)F)[C@H](C(=O)O)C1. The monoisotopic (exact) mass is 354 g/mol. The molecule has 1 saturated heterocycles. The normalized spacial score (nSPS) is 22.1. The van der Waals surface area contributed by atoms with Gasteiger partial charge in [-0.1, -0.05) is 13.8 Å². The summed E-state index contributed by atoms with van der Waals surface area (Å²) in [7, 11) is 0. The third kappa shape index (κ3) is 7.04. The Labute approximate surface area is 139 Å². The van der Waals surface area contributed by atoms with Crippen molar-refractivity contribution in [2.24, 2.45) is 17.8 Å². The maximum Gasteiger partial charge on any atom is 0.393 e. The number of aliphatic carboxylic acids is 1. The number of carboxylic acid groups (broad SMARTS) is 1. The van der Waals surface area contributed by atoms with Gasteiger partial charge in [-0.05, 0) is 12.3 Å². The van der Waals surface area contributed by atoms with Crippen molar-refractivity contribution in [2.75, 3.05) is 39.4 Å². The third-order valence-electron chi connectivity index (χ3n) is 3.91. The first-order valence-electron chi connectivity index (χ1n) is 7.97. The van der Waals surface area contributed by atoms with E-state index in [9.17, 15) is 22.8 Å². The Bertz CT molecular complexity index is 429. The molecule has 0 spiro atoms. The Morgan fingerprint density at radius 2 is 1.96 bits per heavy atom. The summed E-state index contributed by atoms with van der Waals surface area (Å²) < 4.78 is 43.9. The summed E-state index contributed by atoms with van der Waals surface area (Å²) in [6.07, 6.45) is -3.67. The standard InChI is InChI=1S/C15H25F3N2O4/c1-10(2)3-5-24-6-4-19-13(21)9-20-7-11(14(22)23)12(8-20)15(16,17)18/h10-12H,3-9H2,1-2H3,(H,19,21)(H,22,23)/t11-,12-/m1/s1. The van der Waals surface area contributed by atoms with Gasteiger partial charge in [-0.2, -0.15) is 13.2 Å². The van der Waals surface area contributed by atoms with Crippen LogP contribution in [0.4, 0.5) is 13.2 Å². The van der Waals surface area contributed by atoms with Crippen molar-refractivity contribution < 1.29 is 32.6 Å². The van der Waals surface area contributed by atoms with Gasteiger partial charge in [-0.15, -0.1) is 0 Å². The van der Waals surface area contributed by atoms with Gasteiger partial charge >= 0.3 is 12.1 Å². The first-order valence-corrected chi connectivity index (χ1v) is 7.97. The molecule has 1 fully saturated rings. The predicted octanol–water partition coefficient (Wildman–Crippen LogP) is 1.36. The summed E-state index contributed by atoms with van der Waals surface area (Å²) in [5.41, 5.74) is 0. The molecule has 2 atom stereocenters. The highest BCUT2D eigenvalue weighted by atomic mass is 19.4. The van der Waals surface area contributed by atoms with Crippen molar-refractivity contribution in [1.82, 2.24) is 10.2 Å². The van der Waals surface area contributed by atoms with E-state index in [0.717, 1.165) is 6.42 Å². The highest BCUT2D eigenvalue weighted by Crippen LogP contribution is 2.37. The minimum absolute atomic E-state index is 0.248. The molecule has 1 rings (SSSR count). The molecule has 140 valence electrons. The number of amides is 1. The van der Waals surface area contributed by atoms with Crippen molar-refractivity contribution in [3.63, 3.8) is 0 Å². The van der Waals surface area contributed by atoms with Crippen LogP contribution in [0.5, 0.6) is 0 Å². The van der Waals surface area contributed by atoms with Crippen molar-refractivity contribution in [3.05, 3.63) is 0 Å². The summed E-state index contributed by atoms with van der Waals surface area (Å²) in [5, 5.41) is 11.5. The molecule has 6 nitrogen and oxygen atoms in total. The van der Waals surface area contributed by atoms with Crippen LogP contribution in [0.2, 0.25) is 0 Å². The molecular formula is C15H25F3N2O4. The Kier molecular flexibility index (Phi) is 7.95. The van der Waals surface area contributed by atoms with Gasteiger partial charge in [-0.3, -0.25) is 14.5 Å². The largest absolute Gasteiger partial charge is 0.481 e. The van der Waals surface area contributed by atoms with Crippen LogP contribution in [-0.2, 0) is 14.3 Å². The van der Waals surface area contributed by atoms with E-state index >= 15 is 0 Å². The second-order valence-electron chi connectivity index (χ2n) is 6.43. The van der Waals surface area contributed by atoms with E-state index in [4.69, 9.17) is 9.84 Å². The number of nitrogens with one attached hydrogen (secondary N) is 1. The van der Waals surface area contributed by atoms with E-state index in [1.165, 1.54) is 4.90 Å². The number of nitrogens with zero attached hydrogens (tertiary/aromatic N) is 1. The Balaban J connectivity index is 2.31. The molecule has 0 aromatic rings. The first-order chi connectivity index (χ1) is 11.1. The number of carboxylic acids is 1. The fraction of sp³-hybridized carbons (Fsp3) is 0.867. The van der Waals surface area contributed by atoms with Gasteiger partial charge in [0.1, 0.15) is 0 Å². The topological polar surface area (TPSA) is 78.9 Å². The van der Waals surface area contributed by atoms with E-state index in [1.807, 2.05) is 0 Å². The summed E-state index contributed by atoms with van der Waals surface area (Å²) in [6.45, 7) is 4.34. The van der Waals surface area contributed by atoms with Crippen LogP contribution in [0, 0.1) is 17.8 Å². The molecule has 0 unspecified atom stereocenters. The number of likely N-dealkylation sites (tertiary alicyclic amines) is 1. The average molecular weight is 354 g/mol. The summed E-state index contributed by atoms with van der Waals surface area (Å²) in [5.74, 6) is -4.87. The number of ether oxygens (including phenoxy) is 1. The Hall–Kier alpha value is -1.35. The zero-order valence-corrected chi connectivity index (χ0v) is 13.9. The third-order valence-corrected chi connectivity index (χ3v) is 3.91. The minimum atomic E-state index is -4.58. The van der Waals surface area contributed by atoms with Crippen molar-refractivity contribution in [1.29, 1.82) is 0 Å². The molecule has 0 bridgehead atoms. The fourth-order valence-corrected chi connectivity index (χ4v) is 2.54. The molecule has 9 heteroatoms. The molecule has 1 amide bonds. The van der Waals surface area contributed by atoms with E-state index in [2.05, 4.69) is 19.2 Å². The zero-order chi connectivity index (χ0) is 18.3. The number of carbonyl (C=O) groups is 2. The van der Waals surface area contributed by atoms with Gasteiger partial charge in [0.15, 0.2) is 0 Å². The number of halogens is 3. The van der Waals surface area contributed by atoms with Gasteiger partial charge in [0, 0.05) is 26.2 Å². The van der Waals surface area contributed by atoms with Gasteiger partial charge in [0.2, 0.25) is 5.91 Å². The molecule has 1 aliphatic heterocycles. The predicted molar refractivity (Wildman–Crippen MR) is 80.4 cm³/mol. The number of hydrogen-bond donors (Lipinski definition) is 2. The maximum absolute atomic E-state index is 12.9. The number of hydrogen-bond acceptors (Lipinski definition) is 4. The number of carbonyl (C=O) groups excluding carboxylic acids is 1. The van der Waals surface area contributed by atoms with Crippen LogP contribution >= 0.6 is 0 Å². The van der Waals surface area contributed by atoms with Crippen molar-refractivity contribution >= 4 is 11.9 Å². The Morgan fingerprint density at radius 3 is 2.46 bits per heavy atom. The van der Waals surface area contributed by atoms with Gasteiger partial charge in [0.05, 0.1) is 25.0 Å². The van der Waals surface area contributed by atoms with Crippen LogP contribution in [0.15, 0.2) is 0 Å². The average Bonchev–Trinajstić information content (AvgIpc) is 2.86. The molecule has 1 heterocycles. The number of rotatable bonds is 9. The first kappa shape index (κ1) is 20.7. The lowest BCUT2D eigenvalue weighted by molar-refractivity contribution is -0.188. The molecule has 24 heavy (non-hydrogen) atoms. The highest BCUT2D eigenvalue weighted by molar-refractivity contribution is 5.78. The summed E-state index contributed by atoms with van der Waals surface area (Å²) in [6, 6.07) is 0. The highest BCUT2D eigenvalue weighted by Gasteiger charge is 2.52. The van der Waals surface area contributed by atoms with E-state index in [1.54, 1.807) is 0 Å². The molecule has 1 aliphatic rings. The van der Waals surface area contributed by atoms with E-state index in [0.29, 0.717) is 19.1 Å². The molecule has 0 aromatic carbocycles. The van der Waals surface area contributed by atoms with E-state index in [-0.39, 0.29) is 19.6 Å².